The molecule has 7 heteroatoms. The highest BCUT2D eigenvalue weighted by molar-refractivity contribution is 5.83. The number of rotatable bonds is 9. The molecule has 0 saturated heterocycles. The summed E-state index contributed by atoms with van der Waals surface area (Å²) in [6, 6.07) is 5.85. The Bertz CT molecular complexity index is 508. The maximum absolute atomic E-state index is 12.2. The van der Waals surface area contributed by atoms with Gasteiger partial charge in [-0.25, -0.2) is 13.6 Å². The SMILES string of the molecule is Cc1cccc(OCCCC(=O)NC(CC(F)F)C(=O)O)c1. The normalized spacial score (nSPS) is 12.0. The van der Waals surface area contributed by atoms with Gasteiger partial charge in [-0.3, -0.25) is 4.79 Å². The van der Waals surface area contributed by atoms with E-state index >= 15 is 0 Å². The molecule has 0 heterocycles. The van der Waals surface area contributed by atoms with Crippen molar-refractivity contribution in [1.82, 2.24) is 5.32 Å². The highest BCUT2D eigenvalue weighted by Crippen LogP contribution is 2.12. The molecular formula is C15H19F2NO4. The first-order valence-corrected chi connectivity index (χ1v) is 6.88. The van der Waals surface area contributed by atoms with Crippen LogP contribution in [0.25, 0.3) is 0 Å². The second kappa shape index (κ2) is 8.96. The third-order valence-corrected chi connectivity index (χ3v) is 2.85. The van der Waals surface area contributed by atoms with Crippen molar-refractivity contribution >= 4 is 11.9 Å². The van der Waals surface area contributed by atoms with E-state index in [-0.39, 0.29) is 13.0 Å². The van der Waals surface area contributed by atoms with Crippen LogP contribution >= 0.6 is 0 Å². The third kappa shape index (κ3) is 7.01. The van der Waals surface area contributed by atoms with Crippen molar-refractivity contribution in [1.29, 1.82) is 0 Å². The van der Waals surface area contributed by atoms with Gasteiger partial charge in [0.1, 0.15) is 11.8 Å². The number of alkyl halides is 2. The second-order valence-electron chi connectivity index (χ2n) is 4.85. The van der Waals surface area contributed by atoms with E-state index < -0.39 is 30.8 Å². The molecule has 0 fully saturated rings. The largest absolute Gasteiger partial charge is 0.494 e. The van der Waals surface area contributed by atoms with Gasteiger partial charge in [0.2, 0.25) is 12.3 Å². The predicted octanol–water partition coefficient (Wildman–Crippen LogP) is 2.38. The Balaban J connectivity index is 2.29. The molecule has 0 spiro atoms. The van der Waals surface area contributed by atoms with Crippen molar-refractivity contribution < 1.29 is 28.2 Å². The number of aliphatic carboxylic acids is 1. The molecule has 0 aromatic heterocycles. The molecule has 1 atom stereocenters. The van der Waals surface area contributed by atoms with Crippen molar-refractivity contribution in [3.8, 4) is 5.75 Å². The number of carbonyl (C=O) groups is 2. The molecule has 2 N–H and O–H groups in total. The quantitative estimate of drug-likeness (QED) is 0.686. The molecule has 0 bridgehead atoms. The molecule has 0 radical (unpaired) electrons. The monoisotopic (exact) mass is 315 g/mol. The van der Waals surface area contributed by atoms with Gasteiger partial charge in [-0.15, -0.1) is 0 Å². The molecular weight excluding hydrogens is 296 g/mol. The predicted molar refractivity (Wildman–Crippen MR) is 76.1 cm³/mol. The number of carbonyl (C=O) groups excluding carboxylic acids is 1. The number of benzene rings is 1. The zero-order valence-corrected chi connectivity index (χ0v) is 12.2. The van der Waals surface area contributed by atoms with E-state index in [0.29, 0.717) is 12.2 Å². The molecule has 1 rings (SSSR count). The number of aryl methyl sites for hydroxylation is 1. The summed E-state index contributed by atoms with van der Waals surface area (Å²) < 4.78 is 29.8. The smallest absolute Gasteiger partial charge is 0.326 e. The van der Waals surface area contributed by atoms with Crippen LogP contribution in [0.15, 0.2) is 24.3 Å². The zero-order chi connectivity index (χ0) is 16.5. The first-order chi connectivity index (χ1) is 10.4. The number of amides is 1. The van der Waals surface area contributed by atoms with Crippen LogP contribution in [-0.4, -0.2) is 36.1 Å². The number of carboxylic acids is 1. The fourth-order valence-corrected chi connectivity index (χ4v) is 1.79. The molecule has 1 unspecified atom stereocenters. The van der Waals surface area contributed by atoms with Crippen LogP contribution in [0.3, 0.4) is 0 Å². The molecule has 5 nitrogen and oxygen atoms in total. The van der Waals surface area contributed by atoms with Gasteiger partial charge in [-0.05, 0) is 31.0 Å². The summed E-state index contributed by atoms with van der Waals surface area (Å²) in [6.45, 7) is 2.21. The van der Waals surface area contributed by atoms with E-state index in [1.165, 1.54) is 0 Å². The maximum atomic E-state index is 12.2. The number of hydrogen-bond donors (Lipinski definition) is 2. The second-order valence-corrected chi connectivity index (χ2v) is 4.85. The van der Waals surface area contributed by atoms with E-state index in [9.17, 15) is 18.4 Å². The number of nitrogens with one attached hydrogen (secondary N) is 1. The Morgan fingerprint density at radius 1 is 1.36 bits per heavy atom. The Morgan fingerprint density at radius 3 is 2.68 bits per heavy atom. The topological polar surface area (TPSA) is 75.6 Å². The average Bonchev–Trinajstić information content (AvgIpc) is 2.42. The summed E-state index contributed by atoms with van der Waals surface area (Å²) in [5, 5.41) is 10.8. The summed E-state index contributed by atoms with van der Waals surface area (Å²) >= 11 is 0. The highest BCUT2D eigenvalue weighted by Gasteiger charge is 2.23. The number of hydrogen-bond acceptors (Lipinski definition) is 3. The van der Waals surface area contributed by atoms with Gasteiger partial charge in [0.15, 0.2) is 0 Å². The summed E-state index contributed by atoms with van der Waals surface area (Å²) in [4.78, 5) is 22.3. The third-order valence-electron chi connectivity index (χ3n) is 2.85. The fourth-order valence-electron chi connectivity index (χ4n) is 1.79. The molecule has 1 aromatic carbocycles. The summed E-state index contributed by atoms with van der Waals surface area (Å²) in [6.07, 6.45) is -3.31. The van der Waals surface area contributed by atoms with Crippen LogP contribution < -0.4 is 10.1 Å². The summed E-state index contributed by atoms with van der Waals surface area (Å²) in [5.41, 5.74) is 1.05. The Morgan fingerprint density at radius 2 is 2.09 bits per heavy atom. The minimum atomic E-state index is -2.79. The lowest BCUT2D eigenvalue weighted by molar-refractivity contribution is -0.143. The molecule has 22 heavy (non-hydrogen) atoms. The van der Waals surface area contributed by atoms with Gasteiger partial charge in [0.05, 0.1) is 6.61 Å². The minimum absolute atomic E-state index is 0.0127. The van der Waals surface area contributed by atoms with Crippen molar-refractivity contribution in [2.45, 2.75) is 38.7 Å². The molecule has 0 aliphatic carbocycles. The molecule has 0 aliphatic rings. The van der Waals surface area contributed by atoms with Gasteiger partial charge >= 0.3 is 5.97 Å². The number of ether oxygens (including phenoxy) is 1. The Hall–Kier alpha value is -2.18. The van der Waals surface area contributed by atoms with Crippen LogP contribution in [0.5, 0.6) is 5.75 Å². The van der Waals surface area contributed by atoms with Gasteiger partial charge in [0, 0.05) is 12.8 Å². The van der Waals surface area contributed by atoms with Gasteiger partial charge in [-0.2, -0.15) is 0 Å². The number of halogens is 2. The maximum Gasteiger partial charge on any atom is 0.326 e. The van der Waals surface area contributed by atoms with E-state index in [4.69, 9.17) is 9.84 Å². The van der Waals surface area contributed by atoms with Gasteiger partial charge < -0.3 is 15.2 Å². The van der Waals surface area contributed by atoms with Gasteiger partial charge in [0.25, 0.3) is 0 Å². The minimum Gasteiger partial charge on any atom is -0.494 e. The lowest BCUT2D eigenvalue weighted by atomic mass is 10.2. The first kappa shape index (κ1) is 17.9. The van der Waals surface area contributed by atoms with Crippen LogP contribution in [0.4, 0.5) is 8.78 Å². The fraction of sp³-hybridized carbons (Fsp3) is 0.467. The van der Waals surface area contributed by atoms with Crippen LogP contribution in [-0.2, 0) is 9.59 Å². The van der Waals surface area contributed by atoms with E-state index in [1.54, 1.807) is 6.07 Å². The van der Waals surface area contributed by atoms with Crippen LogP contribution in [0.2, 0.25) is 0 Å². The zero-order valence-electron chi connectivity index (χ0n) is 12.2. The molecule has 1 amide bonds. The highest BCUT2D eigenvalue weighted by atomic mass is 19.3. The van der Waals surface area contributed by atoms with Gasteiger partial charge in [-0.1, -0.05) is 12.1 Å². The van der Waals surface area contributed by atoms with E-state index in [1.807, 2.05) is 25.1 Å². The van der Waals surface area contributed by atoms with Crippen LogP contribution in [0, 0.1) is 6.92 Å². The van der Waals surface area contributed by atoms with Crippen molar-refractivity contribution in [2.24, 2.45) is 0 Å². The summed E-state index contributed by atoms with van der Waals surface area (Å²) in [7, 11) is 0. The Kier molecular flexibility index (Phi) is 7.28. The van der Waals surface area contributed by atoms with Crippen molar-refractivity contribution in [3.63, 3.8) is 0 Å². The summed E-state index contributed by atoms with van der Waals surface area (Å²) in [5.74, 6) is -1.37. The number of carboxylic acid groups (broad SMARTS) is 1. The molecule has 0 aliphatic heterocycles. The van der Waals surface area contributed by atoms with E-state index in [2.05, 4.69) is 5.32 Å². The average molecular weight is 315 g/mol. The van der Waals surface area contributed by atoms with Crippen molar-refractivity contribution in [3.05, 3.63) is 29.8 Å². The molecule has 122 valence electrons. The molecule has 1 aromatic rings. The lowest BCUT2D eigenvalue weighted by Gasteiger charge is -2.14. The Labute approximate surface area is 127 Å². The standard InChI is InChI=1S/C15H19F2NO4/c1-10-4-2-5-11(8-10)22-7-3-6-14(19)18-12(15(20)21)9-13(16)17/h2,4-5,8,12-13H,3,6-7,9H2,1H3,(H,18,19)(H,20,21). The van der Waals surface area contributed by atoms with Crippen LogP contribution in [0.1, 0.15) is 24.8 Å². The lowest BCUT2D eigenvalue weighted by Crippen LogP contribution is -2.42. The first-order valence-electron chi connectivity index (χ1n) is 6.88. The van der Waals surface area contributed by atoms with Crippen molar-refractivity contribution in [2.75, 3.05) is 6.61 Å². The van der Waals surface area contributed by atoms with E-state index in [0.717, 1.165) is 5.56 Å². The molecule has 0 saturated carbocycles.